The van der Waals surface area contributed by atoms with Crippen LogP contribution in [0.2, 0.25) is 0 Å². The third-order valence-electron chi connectivity index (χ3n) is 3.50. The van der Waals surface area contributed by atoms with Crippen molar-refractivity contribution in [3.8, 4) is 0 Å². The molecule has 1 aliphatic heterocycles. The summed E-state index contributed by atoms with van der Waals surface area (Å²) in [6.07, 6.45) is 4.62. The van der Waals surface area contributed by atoms with Gasteiger partial charge in [0.05, 0.1) is 12.5 Å². The SMILES string of the molecule is CCc1ccc(NC(=O)CC2CCCCO2)cc1N. The van der Waals surface area contributed by atoms with Gasteiger partial charge in [-0.1, -0.05) is 13.0 Å². The molecule has 1 fully saturated rings. The van der Waals surface area contributed by atoms with E-state index in [1.807, 2.05) is 18.2 Å². The van der Waals surface area contributed by atoms with Crippen molar-refractivity contribution in [2.75, 3.05) is 17.7 Å². The number of hydrogen-bond acceptors (Lipinski definition) is 3. The van der Waals surface area contributed by atoms with Gasteiger partial charge in [-0.25, -0.2) is 0 Å². The summed E-state index contributed by atoms with van der Waals surface area (Å²) >= 11 is 0. The van der Waals surface area contributed by atoms with E-state index in [4.69, 9.17) is 10.5 Å². The third kappa shape index (κ3) is 3.96. The van der Waals surface area contributed by atoms with Crippen LogP contribution in [0, 0.1) is 0 Å². The number of nitrogen functional groups attached to an aromatic ring is 1. The number of nitrogens with two attached hydrogens (primary N) is 1. The number of benzene rings is 1. The largest absolute Gasteiger partial charge is 0.398 e. The van der Waals surface area contributed by atoms with E-state index in [2.05, 4.69) is 12.2 Å². The van der Waals surface area contributed by atoms with Crippen LogP contribution >= 0.6 is 0 Å². The molecular formula is C15H22N2O2. The number of amides is 1. The minimum Gasteiger partial charge on any atom is -0.398 e. The van der Waals surface area contributed by atoms with E-state index in [0.717, 1.165) is 49.2 Å². The monoisotopic (exact) mass is 262 g/mol. The summed E-state index contributed by atoms with van der Waals surface area (Å²) < 4.78 is 5.56. The first-order valence-electron chi connectivity index (χ1n) is 6.99. The van der Waals surface area contributed by atoms with E-state index < -0.39 is 0 Å². The van der Waals surface area contributed by atoms with E-state index in [-0.39, 0.29) is 12.0 Å². The molecule has 0 radical (unpaired) electrons. The molecule has 1 atom stereocenters. The highest BCUT2D eigenvalue weighted by molar-refractivity contribution is 5.91. The fraction of sp³-hybridized carbons (Fsp3) is 0.533. The highest BCUT2D eigenvalue weighted by Crippen LogP contribution is 2.20. The topological polar surface area (TPSA) is 64.3 Å². The Hall–Kier alpha value is -1.55. The summed E-state index contributed by atoms with van der Waals surface area (Å²) in [5.41, 5.74) is 8.51. The van der Waals surface area contributed by atoms with Crippen LogP contribution < -0.4 is 11.1 Å². The third-order valence-corrected chi connectivity index (χ3v) is 3.50. The van der Waals surface area contributed by atoms with Gasteiger partial charge in [0.25, 0.3) is 0 Å². The van der Waals surface area contributed by atoms with Crippen LogP contribution in [0.3, 0.4) is 0 Å². The van der Waals surface area contributed by atoms with Crippen LogP contribution in [0.25, 0.3) is 0 Å². The van der Waals surface area contributed by atoms with Crippen molar-refractivity contribution in [3.63, 3.8) is 0 Å². The molecule has 4 heteroatoms. The molecular weight excluding hydrogens is 240 g/mol. The lowest BCUT2D eigenvalue weighted by Gasteiger charge is -2.22. The van der Waals surface area contributed by atoms with Crippen molar-refractivity contribution in [1.29, 1.82) is 0 Å². The average molecular weight is 262 g/mol. The predicted molar refractivity (Wildman–Crippen MR) is 77.1 cm³/mol. The fourth-order valence-corrected chi connectivity index (χ4v) is 2.38. The second-order valence-corrected chi connectivity index (χ2v) is 5.01. The van der Waals surface area contributed by atoms with Crippen LogP contribution in [-0.2, 0) is 16.0 Å². The lowest BCUT2D eigenvalue weighted by Crippen LogP contribution is -2.25. The average Bonchev–Trinajstić information content (AvgIpc) is 2.40. The Bertz CT molecular complexity index is 440. The fourth-order valence-electron chi connectivity index (χ4n) is 2.38. The van der Waals surface area contributed by atoms with Crippen LogP contribution in [0.4, 0.5) is 11.4 Å². The highest BCUT2D eigenvalue weighted by Gasteiger charge is 2.17. The Labute approximate surface area is 114 Å². The van der Waals surface area contributed by atoms with Crippen molar-refractivity contribution in [2.45, 2.75) is 45.1 Å². The lowest BCUT2D eigenvalue weighted by molar-refractivity contribution is -0.119. The number of carbonyl (C=O) groups excluding carboxylic acids is 1. The lowest BCUT2D eigenvalue weighted by atomic mass is 10.1. The predicted octanol–water partition coefficient (Wildman–Crippen LogP) is 2.73. The maximum absolute atomic E-state index is 11.9. The molecule has 19 heavy (non-hydrogen) atoms. The molecule has 104 valence electrons. The van der Waals surface area contributed by atoms with Gasteiger partial charge in [-0.2, -0.15) is 0 Å². The van der Waals surface area contributed by atoms with Crippen molar-refractivity contribution in [3.05, 3.63) is 23.8 Å². The second kappa shape index (κ2) is 6.57. The number of ether oxygens (including phenoxy) is 1. The molecule has 1 amide bonds. The number of anilines is 2. The zero-order valence-corrected chi connectivity index (χ0v) is 11.4. The number of rotatable bonds is 4. The Morgan fingerprint density at radius 3 is 2.95 bits per heavy atom. The second-order valence-electron chi connectivity index (χ2n) is 5.01. The van der Waals surface area contributed by atoms with Crippen molar-refractivity contribution < 1.29 is 9.53 Å². The number of carbonyl (C=O) groups is 1. The molecule has 0 bridgehead atoms. The van der Waals surface area contributed by atoms with E-state index in [0.29, 0.717) is 6.42 Å². The summed E-state index contributed by atoms with van der Waals surface area (Å²) in [5, 5.41) is 2.88. The van der Waals surface area contributed by atoms with Crippen LogP contribution in [0.15, 0.2) is 18.2 Å². The van der Waals surface area contributed by atoms with Gasteiger partial charge in [-0.05, 0) is 43.4 Å². The number of aryl methyl sites for hydroxylation is 1. The zero-order valence-electron chi connectivity index (χ0n) is 11.4. The van der Waals surface area contributed by atoms with E-state index in [1.165, 1.54) is 0 Å². The molecule has 1 saturated heterocycles. The van der Waals surface area contributed by atoms with Gasteiger partial charge >= 0.3 is 0 Å². The summed E-state index contributed by atoms with van der Waals surface area (Å²) in [6.45, 7) is 2.83. The molecule has 0 aromatic heterocycles. The van der Waals surface area contributed by atoms with Gasteiger partial charge < -0.3 is 15.8 Å². The van der Waals surface area contributed by atoms with E-state index in [9.17, 15) is 4.79 Å². The van der Waals surface area contributed by atoms with Crippen LogP contribution in [0.1, 0.15) is 38.2 Å². The molecule has 1 aliphatic rings. The molecule has 1 aromatic carbocycles. The minimum atomic E-state index is -0.00412. The van der Waals surface area contributed by atoms with Crippen LogP contribution in [-0.4, -0.2) is 18.6 Å². The summed E-state index contributed by atoms with van der Waals surface area (Å²) in [5.74, 6) is -0.00412. The summed E-state index contributed by atoms with van der Waals surface area (Å²) in [7, 11) is 0. The van der Waals surface area contributed by atoms with E-state index in [1.54, 1.807) is 0 Å². The standard InChI is InChI=1S/C15H22N2O2/c1-2-11-6-7-12(9-14(11)16)17-15(18)10-13-5-3-4-8-19-13/h6-7,9,13H,2-5,8,10,16H2,1H3,(H,17,18). The Morgan fingerprint density at radius 2 is 2.32 bits per heavy atom. The molecule has 3 N–H and O–H groups in total. The maximum atomic E-state index is 11.9. The Kier molecular flexibility index (Phi) is 4.80. The minimum absolute atomic E-state index is 0.00412. The molecule has 0 saturated carbocycles. The van der Waals surface area contributed by atoms with Crippen molar-refractivity contribution in [1.82, 2.24) is 0 Å². The quantitative estimate of drug-likeness (QED) is 0.820. The Morgan fingerprint density at radius 1 is 1.47 bits per heavy atom. The molecule has 0 spiro atoms. The molecule has 2 rings (SSSR count). The van der Waals surface area contributed by atoms with Crippen molar-refractivity contribution >= 4 is 17.3 Å². The van der Waals surface area contributed by atoms with Gasteiger partial charge in [0.15, 0.2) is 0 Å². The van der Waals surface area contributed by atoms with Gasteiger partial charge in [-0.15, -0.1) is 0 Å². The van der Waals surface area contributed by atoms with Gasteiger partial charge in [0.1, 0.15) is 0 Å². The first-order valence-corrected chi connectivity index (χ1v) is 6.99. The van der Waals surface area contributed by atoms with Gasteiger partial charge in [0.2, 0.25) is 5.91 Å². The summed E-state index contributed by atoms with van der Waals surface area (Å²) in [6, 6.07) is 5.68. The number of hydrogen-bond donors (Lipinski definition) is 2. The maximum Gasteiger partial charge on any atom is 0.226 e. The van der Waals surface area contributed by atoms with E-state index >= 15 is 0 Å². The molecule has 0 aliphatic carbocycles. The zero-order chi connectivity index (χ0) is 13.7. The normalized spacial score (nSPS) is 19.1. The van der Waals surface area contributed by atoms with Gasteiger partial charge in [-0.3, -0.25) is 4.79 Å². The highest BCUT2D eigenvalue weighted by atomic mass is 16.5. The molecule has 1 unspecified atom stereocenters. The number of nitrogens with one attached hydrogen (secondary N) is 1. The molecule has 1 aromatic rings. The summed E-state index contributed by atoms with van der Waals surface area (Å²) in [4.78, 5) is 11.9. The molecule has 4 nitrogen and oxygen atoms in total. The van der Waals surface area contributed by atoms with Crippen molar-refractivity contribution in [2.24, 2.45) is 0 Å². The molecule has 1 heterocycles. The smallest absolute Gasteiger partial charge is 0.226 e. The first-order chi connectivity index (χ1) is 9.19. The first kappa shape index (κ1) is 13.9. The Balaban J connectivity index is 1.89. The van der Waals surface area contributed by atoms with Crippen LogP contribution in [0.5, 0.6) is 0 Å². The van der Waals surface area contributed by atoms with Gasteiger partial charge in [0, 0.05) is 18.0 Å².